The van der Waals surface area contributed by atoms with Crippen LogP contribution in [-0.2, 0) is 0 Å². The fraction of sp³-hybridized carbons (Fsp3) is 0.625. The van der Waals surface area contributed by atoms with Gasteiger partial charge >= 0.3 is 0 Å². The molecule has 4 atom stereocenters. The molecule has 2 fully saturated rings. The lowest BCUT2D eigenvalue weighted by atomic mass is 9.84. The van der Waals surface area contributed by atoms with Crippen molar-refractivity contribution in [3.8, 4) is 0 Å². The van der Waals surface area contributed by atoms with Crippen molar-refractivity contribution >= 4 is 11.8 Å². The highest BCUT2D eigenvalue weighted by molar-refractivity contribution is 7.99. The van der Waals surface area contributed by atoms with Crippen LogP contribution >= 0.6 is 11.8 Å². The number of halogens is 1. The number of nitrogens with one attached hydrogen (secondary N) is 1. The fourth-order valence-electron chi connectivity index (χ4n) is 3.97. The van der Waals surface area contributed by atoms with Crippen LogP contribution in [0.5, 0.6) is 0 Å². The normalized spacial score (nSPS) is 29.8. The molecule has 0 heterocycles. The van der Waals surface area contributed by atoms with E-state index in [0.29, 0.717) is 6.04 Å². The average molecular weight is 294 g/mol. The zero-order chi connectivity index (χ0) is 13.9. The Hall–Kier alpha value is -0.580. The van der Waals surface area contributed by atoms with Crippen LogP contribution in [0.2, 0.25) is 0 Å². The van der Waals surface area contributed by atoms with Crippen LogP contribution in [0, 0.1) is 23.6 Å². The Labute approximate surface area is 124 Å². The van der Waals surface area contributed by atoms with E-state index < -0.39 is 0 Å². The molecule has 1 aromatic carbocycles. The van der Waals surface area contributed by atoms with E-state index in [9.17, 15) is 4.39 Å². The molecule has 0 aromatic heterocycles. The molecular formula is C16H23FN2S. The first-order chi connectivity index (χ1) is 9.74. The van der Waals surface area contributed by atoms with Gasteiger partial charge in [0.25, 0.3) is 0 Å². The Morgan fingerprint density at radius 2 is 2.25 bits per heavy atom. The predicted molar refractivity (Wildman–Crippen MR) is 81.8 cm³/mol. The van der Waals surface area contributed by atoms with Crippen molar-refractivity contribution in [2.24, 2.45) is 23.6 Å². The summed E-state index contributed by atoms with van der Waals surface area (Å²) in [5, 5.41) is 0. The van der Waals surface area contributed by atoms with E-state index >= 15 is 0 Å². The fourth-order valence-corrected chi connectivity index (χ4v) is 4.97. The second-order valence-electron chi connectivity index (χ2n) is 6.30. The van der Waals surface area contributed by atoms with Crippen LogP contribution in [-0.4, -0.2) is 11.8 Å². The van der Waals surface area contributed by atoms with Crippen molar-refractivity contribution in [2.45, 2.75) is 43.0 Å². The van der Waals surface area contributed by atoms with Gasteiger partial charge in [-0.2, -0.15) is 0 Å². The number of rotatable bonds is 6. The Balaban J connectivity index is 1.50. The number of nitrogens with two attached hydrogens (primary N) is 1. The summed E-state index contributed by atoms with van der Waals surface area (Å²) in [6.07, 6.45) is 6.87. The zero-order valence-electron chi connectivity index (χ0n) is 11.7. The third-order valence-corrected chi connectivity index (χ3v) is 6.11. The minimum Gasteiger partial charge on any atom is -0.271 e. The SMILES string of the molecule is NNC(CSc1cccc(F)c1)CC1CC2CCC1C2. The molecule has 110 valence electrons. The number of thioether (sulfide) groups is 1. The number of hydrazine groups is 1. The molecule has 4 heteroatoms. The molecule has 4 unspecified atom stereocenters. The van der Waals surface area contributed by atoms with E-state index in [4.69, 9.17) is 5.84 Å². The summed E-state index contributed by atoms with van der Waals surface area (Å²) >= 11 is 1.69. The number of benzene rings is 1. The summed E-state index contributed by atoms with van der Waals surface area (Å²) in [4.78, 5) is 0.984. The van der Waals surface area contributed by atoms with Crippen LogP contribution in [0.4, 0.5) is 4.39 Å². The maximum atomic E-state index is 13.1. The smallest absolute Gasteiger partial charge is 0.124 e. The molecule has 1 aromatic rings. The Morgan fingerprint density at radius 3 is 2.90 bits per heavy atom. The standard InChI is InChI=1S/C16H23FN2S/c17-14-2-1-3-16(9-14)20-10-15(19-18)8-13-7-11-4-5-12(13)6-11/h1-3,9,11-13,15,19H,4-8,10,18H2. The summed E-state index contributed by atoms with van der Waals surface area (Å²) in [6, 6.07) is 7.12. The molecule has 0 aliphatic heterocycles. The highest BCUT2D eigenvalue weighted by Gasteiger charge is 2.39. The van der Waals surface area contributed by atoms with Crippen molar-refractivity contribution in [1.29, 1.82) is 0 Å². The lowest BCUT2D eigenvalue weighted by Crippen LogP contribution is -2.39. The van der Waals surface area contributed by atoms with Crippen molar-refractivity contribution in [2.75, 3.05) is 5.75 Å². The molecule has 0 amide bonds. The summed E-state index contributed by atoms with van der Waals surface area (Å²) < 4.78 is 13.1. The van der Waals surface area contributed by atoms with E-state index in [0.717, 1.165) is 28.4 Å². The van der Waals surface area contributed by atoms with E-state index in [1.165, 1.54) is 38.2 Å². The minimum absolute atomic E-state index is 0.166. The van der Waals surface area contributed by atoms with Crippen LogP contribution in [0.1, 0.15) is 32.1 Å². The lowest BCUT2D eigenvalue weighted by Gasteiger charge is -2.26. The molecule has 20 heavy (non-hydrogen) atoms. The van der Waals surface area contributed by atoms with Gasteiger partial charge in [0.15, 0.2) is 0 Å². The Kier molecular flexibility index (Phi) is 4.64. The highest BCUT2D eigenvalue weighted by atomic mass is 32.2. The van der Waals surface area contributed by atoms with Crippen LogP contribution in [0.25, 0.3) is 0 Å². The van der Waals surface area contributed by atoms with E-state index in [2.05, 4.69) is 5.43 Å². The Morgan fingerprint density at radius 1 is 1.35 bits per heavy atom. The molecule has 2 nitrogen and oxygen atoms in total. The molecule has 2 saturated carbocycles. The largest absolute Gasteiger partial charge is 0.271 e. The quantitative estimate of drug-likeness (QED) is 0.478. The molecule has 2 aliphatic rings. The summed E-state index contributed by atoms with van der Waals surface area (Å²) in [6.45, 7) is 0. The highest BCUT2D eigenvalue weighted by Crippen LogP contribution is 2.50. The van der Waals surface area contributed by atoms with E-state index in [-0.39, 0.29) is 5.82 Å². The first-order valence-electron chi connectivity index (χ1n) is 7.59. The van der Waals surface area contributed by atoms with Gasteiger partial charge in [0.1, 0.15) is 5.82 Å². The van der Waals surface area contributed by atoms with Gasteiger partial charge in [-0.15, -0.1) is 11.8 Å². The van der Waals surface area contributed by atoms with E-state index in [1.807, 2.05) is 6.07 Å². The summed E-state index contributed by atoms with van der Waals surface area (Å²) in [7, 11) is 0. The van der Waals surface area contributed by atoms with Gasteiger partial charge < -0.3 is 0 Å². The summed E-state index contributed by atoms with van der Waals surface area (Å²) in [5.74, 6) is 9.23. The van der Waals surface area contributed by atoms with E-state index in [1.54, 1.807) is 23.9 Å². The van der Waals surface area contributed by atoms with Gasteiger partial charge in [0.05, 0.1) is 0 Å². The van der Waals surface area contributed by atoms with Crippen molar-refractivity contribution in [3.63, 3.8) is 0 Å². The third kappa shape index (κ3) is 3.35. The lowest BCUT2D eigenvalue weighted by molar-refractivity contribution is 0.287. The topological polar surface area (TPSA) is 38.0 Å². The Bertz CT molecular complexity index is 454. The second-order valence-corrected chi connectivity index (χ2v) is 7.40. The van der Waals surface area contributed by atoms with Crippen molar-refractivity contribution in [1.82, 2.24) is 5.43 Å². The first-order valence-corrected chi connectivity index (χ1v) is 8.57. The molecule has 2 bridgehead atoms. The number of hydrogen-bond donors (Lipinski definition) is 2. The predicted octanol–water partition coefficient (Wildman–Crippen LogP) is 3.58. The molecule has 3 N–H and O–H groups in total. The maximum absolute atomic E-state index is 13.1. The number of hydrogen-bond acceptors (Lipinski definition) is 3. The van der Waals surface area contributed by atoms with Crippen molar-refractivity contribution < 1.29 is 4.39 Å². The molecule has 2 aliphatic carbocycles. The van der Waals surface area contributed by atoms with Crippen LogP contribution in [0.15, 0.2) is 29.2 Å². The molecule has 0 spiro atoms. The van der Waals surface area contributed by atoms with Gasteiger partial charge in [-0.3, -0.25) is 11.3 Å². The monoisotopic (exact) mass is 294 g/mol. The second kappa shape index (κ2) is 6.46. The van der Waals surface area contributed by atoms with Gasteiger partial charge in [-0.1, -0.05) is 12.5 Å². The minimum atomic E-state index is -0.166. The molecule has 3 rings (SSSR count). The summed E-state index contributed by atoms with van der Waals surface area (Å²) in [5.41, 5.74) is 2.96. The third-order valence-electron chi connectivity index (χ3n) is 4.95. The van der Waals surface area contributed by atoms with Gasteiger partial charge in [-0.25, -0.2) is 4.39 Å². The number of fused-ring (bicyclic) bond motifs is 2. The van der Waals surface area contributed by atoms with Gasteiger partial charge in [0, 0.05) is 16.7 Å². The van der Waals surface area contributed by atoms with Gasteiger partial charge in [0.2, 0.25) is 0 Å². The maximum Gasteiger partial charge on any atom is 0.124 e. The van der Waals surface area contributed by atoms with Crippen molar-refractivity contribution in [3.05, 3.63) is 30.1 Å². The average Bonchev–Trinajstić information content (AvgIpc) is 3.06. The van der Waals surface area contributed by atoms with Crippen LogP contribution < -0.4 is 11.3 Å². The molecule has 0 saturated heterocycles. The van der Waals surface area contributed by atoms with Crippen LogP contribution in [0.3, 0.4) is 0 Å². The molecule has 0 radical (unpaired) electrons. The molecular weight excluding hydrogens is 271 g/mol. The van der Waals surface area contributed by atoms with Gasteiger partial charge in [-0.05, 0) is 61.6 Å². The zero-order valence-corrected chi connectivity index (χ0v) is 12.5. The first kappa shape index (κ1) is 14.4.